The number of piperidine rings is 1. The molecule has 0 aliphatic carbocycles. The van der Waals surface area contributed by atoms with Gasteiger partial charge in [-0.2, -0.15) is 0 Å². The number of hydrogen-bond donors (Lipinski definition) is 1. The van der Waals surface area contributed by atoms with Gasteiger partial charge >= 0.3 is 5.97 Å². The van der Waals surface area contributed by atoms with Gasteiger partial charge in [-0.1, -0.05) is 6.92 Å². The first-order valence-electron chi connectivity index (χ1n) is 8.42. The highest BCUT2D eigenvalue weighted by molar-refractivity contribution is 7.18. The standard InChI is InChI=1S/C18H20N2O5S/c1-12-6-8-20(9-7-12)16(21)11-25-18(23)14-4-5-15(26-14)19-17(22)13-3-2-10-24-13/h2-5,10,12H,6-9,11H2,1H3,(H,19,22). The van der Waals surface area contributed by atoms with Crippen LogP contribution in [0.5, 0.6) is 0 Å². The third kappa shape index (κ3) is 4.51. The first-order valence-corrected chi connectivity index (χ1v) is 9.24. The van der Waals surface area contributed by atoms with Crippen LogP contribution in [0.3, 0.4) is 0 Å². The molecule has 0 spiro atoms. The van der Waals surface area contributed by atoms with Crippen molar-refractivity contribution in [1.82, 2.24) is 4.90 Å². The summed E-state index contributed by atoms with van der Waals surface area (Å²) in [5.41, 5.74) is 0. The van der Waals surface area contributed by atoms with Crippen molar-refractivity contribution >= 4 is 34.1 Å². The summed E-state index contributed by atoms with van der Waals surface area (Å²) in [5, 5.41) is 3.14. The van der Waals surface area contributed by atoms with Crippen LogP contribution in [-0.4, -0.2) is 42.4 Å². The number of furan rings is 1. The van der Waals surface area contributed by atoms with E-state index in [4.69, 9.17) is 9.15 Å². The predicted molar refractivity (Wildman–Crippen MR) is 96.2 cm³/mol. The quantitative estimate of drug-likeness (QED) is 0.811. The normalized spacial score (nSPS) is 14.9. The van der Waals surface area contributed by atoms with Gasteiger partial charge in [0.1, 0.15) is 4.88 Å². The molecule has 2 amide bonds. The van der Waals surface area contributed by atoms with Crippen molar-refractivity contribution in [3.05, 3.63) is 41.2 Å². The van der Waals surface area contributed by atoms with Crippen LogP contribution in [0.1, 0.15) is 40.0 Å². The average molecular weight is 376 g/mol. The van der Waals surface area contributed by atoms with Crippen molar-refractivity contribution < 1.29 is 23.5 Å². The maximum Gasteiger partial charge on any atom is 0.348 e. The van der Waals surface area contributed by atoms with Gasteiger partial charge in [-0.3, -0.25) is 9.59 Å². The molecular formula is C18H20N2O5S. The maximum absolute atomic E-state index is 12.1. The van der Waals surface area contributed by atoms with Gasteiger partial charge in [-0.25, -0.2) is 4.79 Å². The predicted octanol–water partition coefficient (Wildman–Crippen LogP) is 3.01. The molecule has 0 bridgehead atoms. The zero-order chi connectivity index (χ0) is 18.5. The van der Waals surface area contributed by atoms with E-state index in [-0.39, 0.29) is 18.3 Å². The first kappa shape index (κ1) is 18.2. The summed E-state index contributed by atoms with van der Waals surface area (Å²) < 4.78 is 10.1. The van der Waals surface area contributed by atoms with E-state index in [9.17, 15) is 14.4 Å². The zero-order valence-corrected chi connectivity index (χ0v) is 15.2. The molecule has 0 unspecified atom stereocenters. The van der Waals surface area contributed by atoms with E-state index in [0.717, 1.165) is 24.2 Å². The van der Waals surface area contributed by atoms with Crippen LogP contribution in [-0.2, 0) is 9.53 Å². The molecule has 0 saturated carbocycles. The molecule has 3 rings (SSSR count). The number of amides is 2. The monoisotopic (exact) mass is 376 g/mol. The number of hydrogen-bond acceptors (Lipinski definition) is 6. The van der Waals surface area contributed by atoms with Gasteiger partial charge in [-0.05, 0) is 43.0 Å². The fourth-order valence-corrected chi connectivity index (χ4v) is 3.44. The SMILES string of the molecule is CC1CCN(C(=O)COC(=O)c2ccc(NC(=O)c3ccco3)s2)CC1. The summed E-state index contributed by atoms with van der Waals surface area (Å²) in [4.78, 5) is 38.2. The van der Waals surface area contributed by atoms with Crippen LogP contribution >= 0.6 is 11.3 Å². The lowest BCUT2D eigenvalue weighted by Gasteiger charge is -2.30. The second-order valence-corrected chi connectivity index (χ2v) is 7.32. The maximum atomic E-state index is 12.1. The number of nitrogens with one attached hydrogen (secondary N) is 1. The molecule has 0 atom stereocenters. The number of nitrogens with zero attached hydrogens (tertiary/aromatic N) is 1. The van der Waals surface area contributed by atoms with Crippen molar-refractivity contribution in [2.75, 3.05) is 25.0 Å². The molecule has 1 N–H and O–H groups in total. The molecule has 1 aliphatic rings. The molecule has 0 radical (unpaired) electrons. The Morgan fingerprint density at radius 3 is 2.73 bits per heavy atom. The van der Waals surface area contributed by atoms with Crippen molar-refractivity contribution in [3.8, 4) is 0 Å². The molecule has 26 heavy (non-hydrogen) atoms. The minimum absolute atomic E-state index is 0.173. The molecule has 1 fully saturated rings. The van der Waals surface area contributed by atoms with E-state index in [2.05, 4.69) is 12.2 Å². The number of carbonyl (C=O) groups is 3. The van der Waals surface area contributed by atoms with Crippen LogP contribution in [0.15, 0.2) is 34.9 Å². The summed E-state index contributed by atoms with van der Waals surface area (Å²) in [5.74, 6) is -0.335. The number of thiophene rings is 1. The minimum atomic E-state index is -0.577. The lowest BCUT2D eigenvalue weighted by molar-refractivity contribution is -0.135. The second-order valence-electron chi connectivity index (χ2n) is 6.23. The summed E-state index contributed by atoms with van der Waals surface area (Å²) in [6.07, 6.45) is 3.36. The van der Waals surface area contributed by atoms with Crippen LogP contribution in [0.4, 0.5) is 5.00 Å². The molecule has 3 heterocycles. The number of esters is 1. The minimum Gasteiger partial charge on any atom is -0.459 e. The molecule has 0 aromatic carbocycles. The summed E-state index contributed by atoms with van der Waals surface area (Å²) in [6.45, 7) is 3.32. The van der Waals surface area contributed by atoms with E-state index >= 15 is 0 Å². The Morgan fingerprint density at radius 2 is 2.04 bits per heavy atom. The molecule has 7 nitrogen and oxygen atoms in total. The number of carbonyl (C=O) groups excluding carboxylic acids is 3. The number of rotatable bonds is 5. The Balaban J connectivity index is 1.48. The fraction of sp³-hybridized carbons (Fsp3) is 0.389. The van der Waals surface area contributed by atoms with Gasteiger partial charge < -0.3 is 19.4 Å². The van der Waals surface area contributed by atoms with Crippen molar-refractivity contribution in [2.24, 2.45) is 5.92 Å². The summed E-state index contributed by atoms with van der Waals surface area (Å²) in [7, 11) is 0. The third-order valence-electron chi connectivity index (χ3n) is 4.25. The van der Waals surface area contributed by atoms with Crippen LogP contribution in [0, 0.1) is 5.92 Å². The largest absolute Gasteiger partial charge is 0.459 e. The zero-order valence-electron chi connectivity index (χ0n) is 14.4. The third-order valence-corrected chi connectivity index (χ3v) is 5.23. The van der Waals surface area contributed by atoms with E-state index in [1.165, 1.54) is 6.26 Å². The number of ether oxygens (including phenoxy) is 1. The lowest BCUT2D eigenvalue weighted by atomic mass is 9.99. The molecule has 1 aliphatic heterocycles. The summed E-state index contributed by atoms with van der Waals surface area (Å²) in [6, 6.07) is 6.32. The van der Waals surface area contributed by atoms with Gasteiger partial charge in [0.25, 0.3) is 11.8 Å². The van der Waals surface area contributed by atoms with Crippen molar-refractivity contribution in [3.63, 3.8) is 0 Å². The Hall–Kier alpha value is -2.61. The van der Waals surface area contributed by atoms with Gasteiger partial charge in [0.2, 0.25) is 0 Å². The first-order chi connectivity index (χ1) is 12.5. The Labute approximate surface area is 154 Å². The average Bonchev–Trinajstić information content (AvgIpc) is 3.32. The van der Waals surface area contributed by atoms with Crippen molar-refractivity contribution in [2.45, 2.75) is 19.8 Å². The van der Waals surface area contributed by atoms with Gasteiger partial charge in [0.05, 0.1) is 11.3 Å². The molecule has 2 aromatic heterocycles. The fourth-order valence-electron chi connectivity index (χ4n) is 2.64. The number of likely N-dealkylation sites (tertiary alicyclic amines) is 1. The molecule has 2 aromatic rings. The topological polar surface area (TPSA) is 88.9 Å². The molecular weight excluding hydrogens is 356 g/mol. The van der Waals surface area contributed by atoms with Gasteiger partial charge in [0.15, 0.2) is 12.4 Å². The molecule has 1 saturated heterocycles. The Bertz CT molecular complexity index is 775. The van der Waals surface area contributed by atoms with E-state index in [1.54, 1.807) is 29.2 Å². The smallest absolute Gasteiger partial charge is 0.348 e. The van der Waals surface area contributed by atoms with E-state index < -0.39 is 11.9 Å². The van der Waals surface area contributed by atoms with Crippen molar-refractivity contribution in [1.29, 1.82) is 0 Å². The Kier molecular flexibility index (Phi) is 5.72. The van der Waals surface area contributed by atoms with Crippen LogP contribution < -0.4 is 5.32 Å². The molecule has 8 heteroatoms. The highest BCUT2D eigenvalue weighted by Crippen LogP contribution is 2.23. The highest BCUT2D eigenvalue weighted by Gasteiger charge is 2.22. The second kappa shape index (κ2) is 8.18. The summed E-state index contributed by atoms with van der Waals surface area (Å²) >= 11 is 1.08. The van der Waals surface area contributed by atoms with Crippen LogP contribution in [0.2, 0.25) is 0 Å². The van der Waals surface area contributed by atoms with Gasteiger partial charge in [0, 0.05) is 13.1 Å². The number of anilines is 1. The Morgan fingerprint density at radius 1 is 1.27 bits per heavy atom. The highest BCUT2D eigenvalue weighted by atomic mass is 32.1. The van der Waals surface area contributed by atoms with E-state index in [1.807, 2.05) is 0 Å². The van der Waals surface area contributed by atoms with E-state index in [0.29, 0.717) is 28.9 Å². The van der Waals surface area contributed by atoms with Gasteiger partial charge in [-0.15, -0.1) is 11.3 Å². The lowest BCUT2D eigenvalue weighted by Crippen LogP contribution is -2.40. The van der Waals surface area contributed by atoms with Crippen LogP contribution in [0.25, 0.3) is 0 Å². The molecule has 138 valence electrons.